The van der Waals surface area contributed by atoms with Crippen molar-refractivity contribution in [3.05, 3.63) is 53.9 Å². The van der Waals surface area contributed by atoms with Gasteiger partial charge in [0.2, 0.25) is 0 Å². The number of aryl methyl sites for hydroxylation is 2. The van der Waals surface area contributed by atoms with Crippen molar-refractivity contribution in [3.8, 4) is 17.1 Å². The molecule has 0 amide bonds. The van der Waals surface area contributed by atoms with Crippen LogP contribution in [0.1, 0.15) is 11.1 Å². The van der Waals surface area contributed by atoms with E-state index in [-0.39, 0.29) is 10.6 Å². The summed E-state index contributed by atoms with van der Waals surface area (Å²) < 4.78 is 35.5. The second-order valence-corrected chi connectivity index (χ2v) is 8.12. The fourth-order valence-electron chi connectivity index (χ4n) is 2.93. The monoisotopic (exact) mass is 416 g/mol. The largest absolute Gasteiger partial charge is 0.481 e. The normalized spacial score (nSPS) is 11.3. The Kier molecular flexibility index (Phi) is 5.55. The minimum atomic E-state index is -3.94. The Labute approximate surface area is 168 Å². The molecule has 29 heavy (non-hydrogen) atoms. The number of rotatable bonds is 7. The Balaban J connectivity index is 1.93. The molecule has 0 aliphatic carbocycles. The van der Waals surface area contributed by atoms with Gasteiger partial charge in [-0.3, -0.25) is 4.72 Å². The number of ether oxygens (including phenoxy) is 1. The SMILES string of the molecule is Cc1ccc(S(=O)(=O)Nc2cccc(-c3nncn3C)c2)c(C)c1OCC(=O)O. The van der Waals surface area contributed by atoms with Gasteiger partial charge in [-0.1, -0.05) is 18.2 Å². The summed E-state index contributed by atoms with van der Waals surface area (Å²) in [5.41, 5.74) is 2.05. The van der Waals surface area contributed by atoms with E-state index in [2.05, 4.69) is 14.9 Å². The van der Waals surface area contributed by atoms with Gasteiger partial charge in [0, 0.05) is 23.9 Å². The molecule has 2 aromatic carbocycles. The van der Waals surface area contributed by atoms with Gasteiger partial charge in [-0.05, 0) is 37.6 Å². The van der Waals surface area contributed by atoms with Crippen molar-refractivity contribution in [2.45, 2.75) is 18.7 Å². The van der Waals surface area contributed by atoms with Crippen LogP contribution in [0.25, 0.3) is 11.4 Å². The lowest BCUT2D eigenvalue weighted by atomic mass is 10.1. The fourth-order valence-corrected chi connectivity index (χ4v) is 4.22. The van der Waals surface area contributed by atoms with Crippen LogP contribution in [-0.2, 0) is 21.9 Å². The molecule has 2 N–H and O–H groups in total. The maximum Gasteiger partial charge on any atom is 0.341 e. The van der Waals surface area contributed by atoms with Crippen molar-refractivity contribution in [1.29, 1.82) is 0 Å². The molecule has 0 fully saturated rings. The number of sulfonamides is 1. The van der Waals surface area contributed by atoms with Crippen LogP contribution in [-0.4, -0.2) is 40.9 Å². The highest BCUT2D eigenvalue weighted by atomic mass is 32.2. The number of benzene rings is 2. The molecule has 3 aromatic rings. The highest BCUT2D eigenvalue weighted by molar-refractivity contribution is 7.92. The Hall–Kier alpha value is -3.40. The Morgan fingerprint density at radius 1 is 1.24 bits per heavy atom. The first-order valence-corrected chi connectivity index (χ1v) is 10.1. The molecule has 0 atom stereocenters. The summed E-state index contributed by atoms with van der Waals surface area (Å²) in [6.45, 7) is 2.74. The van der Waals surface area contributed by atoms with Gasteiger partial charge < -0.3 is 14.4 Å². The quantitative estimate of drug-likeness (QED) is 0.606. The minimum absolute atomic E-state index is 0.00699. The lowest BCUT2D eigenvalue weighted by molar-refractivity contribution is -0.139. The zero-order valence-corrected chi connectivity index (χ0v) is 16.9. The van der Waals surface area contributed by atoms with Crippen LogP contribution < -0.4 is 9.46 Å². The van der Waals surface area contributed by atoms with Gasteiger partial charge in [0.05, 0.1) is 4.90 Å². The highest BCUT2D eigenvalue weighted by Crippen LogP contribution is 2.30. The summed E-state index contributed by atoms with van der Waals surface area (Å²) in [7, 11) is -2.15. The smallest absolute Gasteiger partial charge is 0.341 e. The van der Waals surface area contributed by atoms with Crippen molar-refractivity contribution in [2.75, 3.05) is 11.3 Å². The first-order valence-electron chi connectivity index (χ1n) is 8.61. The van der Waals surface area contributed by atoms with E-state index in [1.165, 1.54) is 6.07 Å². The van der Waals surface area contributed by atoms with Gasteiger partial charge in [-0.15, -0.1) is 10.2 Å². The number of carbonyl (C=O) groups is 1. The summed E-state index contributed by atoms with van der Waals surface area (Å²) in [4.78, 5) is 10.8. The van der Waals surface area contributed by atoms with E-state index >= 15 is 0 Å². The van der Waals surface area contributed by atoms with Gasteiger partial charge in [0.25, 0.3) is 10.0 Å². The molecule has 0 aliphatic rings. The zero-order valence-electron chi connectivity index (χ0n) is 16.1. The first-order chi connectivity index (χ1) is 13.7. The Bertz CT molecular complexity index is 1170. The Morgan fingerprint density at radius 2 is 2.00 bits per heavy atom. The molecule has 0 saturated heterocycles. The van der Waals surface area contributed by atoms with Crippen LogP contribution in [0.4, 0.5) is 5.69 Å². The molecule has 0 bridgehead atoms. The van der Waals surface area contributed by atoms with E-state index in [0.717, 1.165) is 0 Å². The van der Waals surface area contributed by atoms with E-state index in [4.69, 9.17) is 9.84 Å². The number of nitrogens with zero attached hydrogens (tertiary/aromatic N) is 3. The predicted molar refractivity (Wildman–Crippen MR) is 106 cm³/mol. The van der Waals surface area contributed by atoms with E-state index in [9.17, 15) is 13.2 Å². The number of nitrogens with one attached hydrogen (secondary N) is 1. The molecule has 152 valence electrons. The molecule has 0 unspecified atom stereocenters. The predicted octanol–water partition coefficient (Wildman–Crippen LogP) is 2.36. The second kappa shape index (κ2) is 7.92. The van der Waals surface area contributed by atoms with Gasteiger partial charge >= 0.3 is 5.97 Å². The molecule has 3 rings (SSSR count). The minimum Gasteiger partial charge on any atom is -0.481 e. The van der Waals surface area contributed by atoms with Crippen LogP contribution in [0.15, 0.2) is 47.6 Å². The molecule has 0 aliphatic heterocycles. The molecule has 9 nitrogen and oxygen atoms in total. The number of aromatic nitrogens is 3. The van der Waals surface area contributed by atoms with E-state index in [0.29, 0.717) is 28.2 Å². The number of aliphatic carboxylic acids is 1. The molecule has 1 aromatic heterocycles. The van der Waals surface area contributed by atoms with E-state index in [1.807, 2.05) is 0 Å². The van der Waals surface area contributed by atoms with Crippen LogP contribution in [0, 0.1) is 13.8 Å². The van der Waals surface area contributed by atoms with Gasteiger partial charge in [-0.25, -0.2) is 13.2 Å². The Morgan fingerprint density at radius 3 is 2.66 bits per heavy atom. The third-order valence-electron chi connectivity index (χ3n) is 4.27. The summed E-state index contributed by atoms with van der Waals surface area (Å²) in [5.74, 6) is -0.305. The van der Waals surface area contributed by atoms with Crippen molar-refractivity contribution in [2.24, 2.45) is 7.05 Å². The maximum atomic E-state index is 13.0. The molecular weight excluding hydrogens is 396 g/mol. The van der Waals surface area contributed by atoms with Crippen molar-refractivity contribution >= 4 is 21.7 Å². The van der Waals surface area contributed by atoms with Crippen molar-refractivity contribution in [3.63, 3.8) is 0 Å². The standard InChI is InChI=1S/C19H20N4O5S/c1-12-7-8-16(13(2)18(12)28-10-17(24)25)29(26,27)22-15-6-4-5-14(9-15)19-21-20-11-23(19)3/h4-9,11,22H,10H2,1-3H3,(H,24,25). The van der Waals surface area contributed by atoms with E-state index in [1.54, 1.807) is 62.1 Å². The highest BCUT2D eigenvalue weighted by Gasteiger charge is 2.21. The summed E-state index contributed by atoms with van der Waals surface area (Å²) in [6, 6.07) is 9.85. The number of hydrogen-bond acceptors (Lipinski definition) is 6. The van der Waals surface area contributed by atoms with Gasteiger partial charge in [0.15, 0.2) is 12.4 Å². The average Bonchev–Trinajstić information content (AvgIpc) is 3.07. The number of carboxylic acids is 1. The lowest BCUT2D eigenvalue weighted by Gasteiger charge is -2.16. The van der Waals surface area contributed by atoms with Crippen molar-refractivity contribution in [1.82, 2.24) is 14.8 Å². The van der Waals surface area contributed by atoms with Crippen LogP contribution in [0.5, 0.6) is 5.75 Å². The lowest BCUT2D eigenvalue weighted by Crippen LogP contribution is -2.16. The molecule has 0 saturated carbocycles. The third kappa shape index (κ3) is 4.37. The van der Waals surface area contributed by atoms with Gasteiger partial charge in [0.1, 0.15) is 12.1 Å². The summed E-state index contributed by atoms with van der Waals surface area (Å²) >= 11 is 0. The van der Waals surface area contributed by atoms with E-state index < -0.39 is 22.6 Å². The number of carboxylic acid groups (broad SMARTS) is 1. The molecule has 0 radical (unpaired) electrons. The maximum absolute atomic E-state index is 13.0. The average molecular weight is 416 g/mol. The molecule has 0 spiro atoms. The molecular formula is C19H20N4O5S. The van der Waals surface area contributed by atoms with Gasteiger partial charge in [-0.2, -0.15) is 0 Å². The number of anilines is 1. The topological polar surface area (TPSA) is 123 Å². The third-order valence-corrected chi connectivity index (χ3v) is 5.79. The zero-order chi connectivity index (χ0) is 21.2. The molecule has 10 heteroatoms. The number of hydrogen-bond donors (Lipinski definition) is 2. The van der Waals surface area contributed by atoms with Crippen LogP contribution >= 0.6 is 0 Å². The van der Waals surface area contributed by atoms with Crippen molar-refractivity contribution < 1.29 is 23.1 Å². The second-order valence-electron chi connectivity index (χ2n) is 6.47. The molecule has 1 heterocycles. The van der Waals surface area contributed by atoms with Crippen LogP contribution in [0.3, 0.4) is 0 Å². The fraction of sp³-hybridized carbons (Fsp3) is 0.211. The summed E-state index contributed by atoms with van der Waals surface area (Å²) in [6.07, 6.45) is 1.56. The summed E-state index contributed by atoms with van der Waals surface area (Å²) in [5, 5.41) is 16.7. The first kappa shape index (κ1) is 20.3. The van der Waals surface area contributed by atoms with Crippen LogP contribution in [0.2, 0.25) is 0 Å².